The highest BCUT2D eigenvalue weighted by atomic mass is 32.1. The second-order valence-electron chi connectivity index (χ2n) is 4.56. The van der Waals surface area contributed by atoms with Gasteiger partial charge in [-0.2, -0.15) is 0 Å². The SMILES string of the molecule is Cc1nc(-c2cc[nH]c2)sc1CC1COCCN1. The highest BCUT2D eigenvalue weighted by Crippen LogP contribution is 2.28. The molecule has 1 fully saturated rings. The van der Waals surface area contributed by atoms with Gasteiger partial charge in [-0.15, -0.1) is 11.3 Å². The number of aromatic nitrogens is 2. The second-order valence-corrected chi connectivity index (χ2v) is 5.64. The Morgan fingerprint density at radius 3 is 3.22 bits per heavy atom. The summed E-state index contributed by atoms with van der Waals surface area (Å²) in [7, 11) is 0. The predicted octanol–water partition coefficient (Wildman–Crippen LogP) is 1.98. The summed E-state index contributed by atoms with van der Waals surface area (Å²) in [4.78, 5) is 9.08. The minimum atomic E-state index is 0.428. The third-order valence-corrected chi connectivity index (χ3v) is 4.40. The molecule has 18 heavy (non-hydrogen) atoms. The number of rotatable bonds is 3. The maximum Gasteiger partial charge on any atom is 0.125 e. The quantitative estimate of drug-likeness (QED) is 0.890. The minimum absolute atomic E-state index is 0.428. The average molecular weight is 263 g/mol. The van der Waals surface area contributed by atoms with Crippen LogP contribution in [-0.4, -0.2) is 35.8 Å². The van der Waals surface area contributed by atoms with E-state index in [2.05, 4.69) is 28.3 Å². The Bertz CT molecular complexity index is 500. The zero-order valence-corrected chi connectivity index (χ0v) is 11.2. The Labute approximate surface area is 110 Å². The lowest BCUT2D eigenvalue weighted by atomic mass is 10.1. The topological polar surface area (TPSA) is 49.9 Å². The molecule has 2 N–H and O–H groups in total. The Balaban J connectivity index is 1.76. The summed E-state index contributed by atoms with van der Waals surface area (Å²) >= 11 is 1.78. The van der Waals surface area contributed by atoms with Gasteiger partial charge in [-0.3, -0.25) is 0 Å². The molecule has 0 bridgehead atoms. The van der Waals surface area contributed by atoms with E-state index in [1.165, 1.54) is 10.4 Å². The molecule has 1 aliphatic heterocycles. The van der Waals surface area contributed by atoms with Crippen molar-refractivity contribution in [3.05, 3.63) is 29.0 Å². The monoisotopic (exact) mass is 263 g/mol. The van der Waals surface area contributed by atoms with E-state index >= 15 is 0 Å². The standard InChI is InChI=1S/C13H17N3OS/c1-9-12(6-11-8-17-5-4-15-11)18-13(16-9)10-2-3-14-7-10/h2-3,7,11,14-15H,4-6,8H2,1H3. The molecule has 0 aromatic carbocycles. The molecule has 1 aliphatic rings. The normalized spacial score (nSPS) is 20.2. The number of hydrogen-bond acceptors (Lipinski definition) is 4. The number of aryl methyl sites for hydroxylation is 1. The number of nitrogens with one attached hydrogen (secondary N) is 2. The lowest BCUT2D eigenvalue weighted by Crippen LogP contribution is -2.42. The van der Waals surface area contributed by atoms with Crippen LogP contribution in [-0.2, 0) is 11.2 Å². The van der Waals surface area contributed by atoms with E-state index in [1.54, 1.807) is 11.3 Å². The zero-order valence-electron chi connectivity index (χ0n) is 10.4. The Morgan fingerprint density at radius 2 is 2.50 bits per heavy atom. The van der Waals surface area contributed by atoms with Crippen LogP contribution in [0.4, 0.5) is 0 Å². The number of morpholine rings is 1. The summed E-state index contributed by atoms with van der Waals surface area (Å²) in [5.74, 6) is 0. The highest BCUT2D eigenvalue weighted by molar-refractivity contribution is 7.15. The van der Waals surface area contributed by atoms with E-state index in [-0.39, 0.29) is 0 Å². The number of H-pyrrole nitrogens is 1. The van der Waals surface area contributed by atoms with Crippen molar-refractivity contribution in [2.24, 2.45) is 0 Å². The summed E-state index contributed by atoms with van der Waals surface area (Å²) in [5.41, 5.74) is 2.31. The van der Waals surface area contributed by atoms with Crippen LogP contribution in [0.2, 0.25) is 0 Å². The van der Waals surface area contributed by atoms with Crippen LogP contribution in [0.25, 0.3) is 10.6 Å². The van der Waals surface area contributed by atoms with Crippen LogP contribution in [0.1, 0.15) is 10.6 Å². The lowest BCUT2D eigenvalue weighted by molar-refractivity contribution is 0.0772. The van der Waals surface area contributed by atoms with Crippen molar-refractivity contribution in [3.63, 3.8) is 0 Å². The third kappa shape index (κ3) is 2.48. The van der Waals surface area contributed by atoms with Crippen molar-refractivity contribution in [2.75, 3.05) is 19.8 Å². The van der Waals surface area contributed by atoms with Gasteiger partial charge in [-0.1, -0.05) is 0 Å². The molecule has 4 nitrogen and oxygen atoms in total. The molecule has 0 amide bonds. The van der Waals surface area contributed by atoms with Gasteiger partial charge in [0.2, 0.25) is 0 Å². The van der Waals surface area contributed by atoms with Gasteiger partial charge in [-0.05, 0) is 13.0 Å². The molecule has 3 rings (SSSR count). The van der Waals surface area contributed by atoms with Gasteiger partial charge in [0.25, 0.3) is 0 Å². The van der Waals surface area contributed by atoms with Crippen LogP contribution in [0.15, 0.2) is 18.5 Å². The molecule has 96 valence electrons. The summed E-state index contributed by atoms with van der Waals surface area (Å²) in [5, 5.41) is 4.58. The number of ether oxygens (including phenoxy) is 1. The predicted molar refractivity (Wildman–Crippen MR) is 73.0 cm³/mol. The van der Waals surface area contributed by atoms with Crippen molar-refractivity contribution >= 4 is 11.3 Å². The fourth-order valence-electron chi connectivity index (χ4n) is 2.17. The number of nitrogens with zero attached hydrogens (tertiary/aromatic N) is 1. The molecule has 1 saturated heterocycles. The van der Waals surface area contributed by atoms with Gasteiger partial charge in [0.05, 0.1) is 18.9 Å². The fourth-order valence-corrected chi connectivity index (χ4v) is 3.31. The van der Waals surface area contributed by atoms with Gasteiger partial charge in [0.1, 0.15) is 5.01 Å². The zero-order chi connectivity index (χ0) is 12.4. The van der Waals surface area contributed by atoms with Crippen LogP contribution < -0.4 is 5.32 Å². The number of thiazole rings is 1. The first-order chi connectivity index (χ1) is 8.83. The van der Waals surface area contributed by atoms with E-state index in [0.717, 1.165) is 36.9 Å². The van der Waals surface area contributed by atoms with Gasteiger partial charge >= 0.3 is 0 Å². The lowest BCUT2D eigenvalue weighted by Gasteiger charge is -2.23. The molecular weight excluding hydrogens is 246 g/mol. The molecule has 5 heteroatoms. The Morgan fingerprint density at radius 1 is 1.56 bits per heavy atom. The van der Waals surface area contributed by atoms with Crippen molar-refractivity contribution < 1.29 is 4.74 Å². The molecule has 2 aromatic rings. The van der Waals surface area contributed by atoms with Crippen LogP contribution in [0, 0.1) is 6.92 Å². The molecule has 1 unspecified atom stereocenters. The molecule has 0 radical (unpaired) electrons. The average Bonchev–Trinajstić information content (AvgIpc) is 3.01. The fraction of sp³-hybridized carbons (Fsp3) is 0.462. The first-order valence-electron chi connectivity index (χ1n) is 6.23. The third-order valence-electron chi connectivity index (χ3n) is 3.17. The molecule has 0 spiro atoms. The first kappa shape index (κ1) is 11.9. The van der Waals surface area contributed by atoms with Crippen LogP contribution >= 0.6 is 11.3 Å². The van der Waals surface area contributed by atoms with Crippen LogP contribution in [0.5, 0.6) is 0 Å². The number of aromatic amines is 1. The van der Waals surface area contributed by atoms with Gasteiger partial charge in [-0.25, -0.2) is 4.98 Å². The van der Waals surface area contributed by atoms with Gasteiger partial charge in [0, 0.05) is 41.8 Å². The maximum atomic E-state index is 5.49. The smallest absolute Gasteiger partial charge is 0.125 e. The summed E-state index contributed by atoms with van der Waals surface area (Å²) in [6.45, 7) is 4.67. The maximum absolute atomic E-state index is 5.49. The summed E-state index contributed by atoms with van der Waals surface area (Å²) in [6, 6.07) is 2.49. The van der Waals surface area contributed by atoms with E-state index in [4.69, 9.17) is 4.74 Å². The Kier molecular flexibility index (Phi) is 3.45. The molecule has 1 atom stereocenters. The van der Waals surface area contributed by atoms with Crippen molar-refractivity contribution in [1.29, 1.82) is 0 Å². The highest BCUT2D eigenvalue weighted by Gasteiger charge is 2.17. The molecule has 3 heterocycles. The van der Waals surface area contributed by atoms with E-state index < -0.39 is 0 Å². The molecule has 2 aromatic heterocycles. The summed E-state index contributed by atoms with van der Waals surface area (Å²) in [6.07, 6.45) is 4.93. The second kappa shape index (κ2) is 5.22. The van der Waals surface area contributed by atoms with Crippen molar-refractivity contribution in [1.82, 2.24) is 15.3 Å². The molecule has 0 saturated carbocycles. The first-order valence-corrected chi connectivity index (χ1v) is 7.05. The van der Waals surface area contributed by atoms with E-state index in [1.807, 2.05) is 12.4 Å². The summed E-state index contributed by atoms with van der Waals surface area (Å²) < 4.78 is 5.49. The van der Waals surface area contributed by atoms with Crippen LogP contribution in [0.3, 0.4) is 0 Å². The minimum Gasteiger partial charge on any atom is -0.379 e. The van der Waals surface area contributed by atoms with Crippen molar-refractivity contribution in [2.45, 2.75) is 19.4 Å². The van der Waals surface area contributed by atoms with E-state index in [0.29, 0.717) is 6.04 Å². The molecule has 0 aliphatic carbocycles. The van der Waals surface area contributed by atoms with E-state index in [9.17, 15) is 0 Å². The Hall–Kier alpha value is -1.17. The molecular formula is C13H17N3OS. The van der Waals surface area contributed by atoms with Crippen molar-refractivity contribution in [3.8, 4) is 10.6 Å². The number of hydrogen-bond donors (Lipinski definition) is 2. The van der Waals surface area contributed by atoms with Gasteiger partial charge in [0.15, 0.2) is 0 Å². The van der Waals surface area contributed by atoms with Gasteiger partial charge < -0.3 is 15.0 Å². The largest absolute Gasteiger partial charge is 0.379 e.